The van der Waals surface area contributed by atoms with E-state index in [0.29, 0.717) is 12.1 Å². The van der Waals surface area contributed by atoms with Crippen LogP contribution in [0.4, 0.5) is 5.69 Å². The average Bonchev–Trinajstić information content (AvgIpc) is 2.15. The van der Waals surface area contributed by atoms with Crippen LogP contribution in [0.15, 0.2) is 24.3 Å². The Bertz CT molecular complexity index is 308. The molecular weight excluding hydrogens is 172 g/mol. The second kappa shape index (κ2) is 4.10. The lowest BCUT2D eigenvalue weighted by atomic mass is 10.2. The SMILES string of the molecule is O=CNNc1ccc(C(=O)O)cc1. The van der Waals surface area contributed by atoms with Crippen LogP contribution in [-0.4, -0.2) is 17.5 Å². The van der Waals surface area contributed by atoms with Crippen molar-refractivity contribution in [2.45, 2.75) is 0 Å². The van der Waals surface area contributed by atoms with Gasteiger partial charge in [0.1, 0.15) is 0 Å². The zero-order valence-electron chi connectivity index (χ0n) is 6.65. The summed E-state index contributed by atoms with van der Waals surface area (Å²) in [6, 6.07) is 5.99. The summed E-state index contributed by atoms with van der Waals surface area (Å²) < 4.78 is 0. The molecule has 13 heavy (non-hydrogen) atoms. The van der Waals surface area contributed by atoms with E-state index in [-0.39, 0.29) is 5.56 Å². The number of amides is 1. The largest absolute Gasteiger partial charge is 0.478 e. The van der Waals surface area contributed by atoms with Crippen molar-refractivity contribution >= 4 is 18.1 Å². The Morgan fingerprint density at radius 2 is 1.92 bits per heavy atom. The molecule has 0 aliphatic rings. The number of aromatic carboxylic acids is 1. The number of carboxylic acid groups (broad SMARTS) is 1. The van der Waals surface area contributed by atoms with Gasteiger partial charge in [-0.1, -0.05) is 0 Å². The van der Waals surface area contributed by atoms with Gasteiger partial charge in [0, 0.05) is 0 Å². The van der Waals surface area contributed by atoms with Crippen LogP contribution in [0, 0.1) is 0 Å². The van der Waals surface area contributed by atoms with Crippen molar-refractivity contribution in [3.8, 4) is 0 Å². The van der Waals surface area contributed by atoms with Gasteiger partial charge in [0.2, 0.25) is 6.41 Å². The Labute approximate surface area is 74.3 Å². The van der Waals surface area contributed by atoms with Crippen molar-refractivity contribution in [3.05, 3.63) is 29.8 Å². The normalized spacial score (nSPS) is 8.92. The summed E-state index contributed by atoms with van der Waals surface area (Å²) in [7, 11) is 0. The molecule has 0 atom stereocenters. The monoisotopic (exact) mass is 180 g/mol. The van der Waals surface area contributed by atoms with Gasteiger partial charge >= 0.3 is 5.97 Å². The zero-order chi connectivity index (χ0) is 9.68. The van der Waals surface area contributed by atoms with Gasteiger partial charge in [-0.3, -0.25) is 15.6 Å². The molecule has 0 fully saturated rings. The summed E-state index contributed by atoms with van der Waals surface area (Å²) in [6.45, 7) is 0. The summed E-state index contributed by atoms with van der Waals surface area (Å²) in [5, 5.41) is 8.56. The van der Waals surface area contributed by atoms with Crippen LogP contribution in [0.3, 0.4) is 0 Å². The quantitative estimate of drug-likeness (QED) is 0.464. The molecule has 1 rings (SSSR count). The third kappa shape index (κ3) is 2.48. The molecule has 0 aliphatic carbocycles. The van der Waals surface area contributed by atoms with Gasteiger partial charge in [-0.15, -0.1) is 0 Å². The van der Waals surface area contributed by atoms with Gasteiger partial charge in [-0.05, 0) is 24.3 Å². The fourth-order valence-electron chi connectivity index (χ4n) is 0.809. The van der Waals surface area contributed by atoms with Crippen molar-refractivity contribution in [1.29, 1.82) is 0 Å². The molecule has 0 saturated heterocycles. The highest BCUT2D eigenvalue weighted by Crippen LogP contribution is 2.07. The van der Waals surface area contributed by atoms with E-state index in [1.54, 1.807) is 12.1 Å². The predicted octanol–water partition coefficient (Wildman–Crippen LogP) is 0.458. The lowest BCUT2D eigenvalue weighted by Crippen LogP contribution is -2.18. The van der Waals surface area contributed by atoms with Gasteiger partial charge in [-0.2, -0.15) is 0 Å². The minimum Gasteiger partial charge on any atom is -0.478 e. The molecule has 3 N–H and O–H groups in total. The van der Waals surface area contributed by atoms with Crippen LogP contribution >= 0.6 is 0 Å². The van der Waals surface area contributed by atoms with Gasteiger partial charge in [0.15, 0.2) is 0 Å². The number of rotatable bonds is 4. The summed E-state index contributed by atoms with van der Waals surface area (Å²) in [5.41, 5.74) is 5.61. The number of carbonyl (C=O) groups excluding carboxylic acids is 1. The maximum atomic E-state index is 10.4. The first-order valence-electron chi connectivity index (χ1n) is 3.52. The standard InChI is InChI=1S/C8H8N2O3/c11-5-9-10-7-3-1-6(2-4-7)8(12)13/h1-5,10H,(H,9,11)(H,12,13). The molecule has 0 radical (unpaired) electrons. The Kier molecular flexibility index (Phi) is 2.86. The minimum atomic E-state index is -0.977. The molecule has 68 valence electrons. The Hall–Kier alpha value is -2.04. The van der Waals surface area contributed by atoms with Gasteiger partial charge in [-0.25, -0.2) is 4.79 Å². The zero-order valence-corrected chi connectivity index (χ0v) is 6.65. The number of hydrogen-bond acceptors (Lipinski definition) is 3. The van der Waals surface area contributed by atoms with Crippen LogP contribution in [0.25, 0.3) is 0 Å². The first-order chi connectivity index (χ1) is 6.24. The molecule has 0 bridgehead atoms. The van der Waals surface area contributed by atoms with Gasteiger partial charge in [0.05, 0.1) is 11.3 Å². The molecule has 1 aromatic rings. The average molecular weight is 180 g/mol. The van der Waals surface area contributed by atoms with Crippen LogP contribution in [0.1, 0.15) is 10.4 Å². The van der Waals surface area contributed by atoms with Crippen LogP contribution in [-0.2, 0) is 4.79 Å². The molecule has 0 saturated carbocycles. The Morgan fingerprint density at radius 1 is 1.31 bits per heavy atom. The summed E-state index contributed by atoms with van der Waals surface area (Å²) in [4.78, 5) is 20.3. The second-order valence-corrected chi connectivity index (χ2v) is 2.27. The highest BCUT2D eigenvalue weighted by Gasteiger charge is 2.00. The third-order valence-corrected chi connectivity index (χ3v) is 1.41. The number of hydrazine groups is 1. The number of hydrogen-bond donors (Lipinski definition) is 3. The summed E-state index contributed by atoms with van der Waals surface area (Å²) >= 11 is 0. The number of benzene rings is 1. The van der Waals surface area contributed by atoms with E-state index in [2.05, 4.69) is 10.9 Å². The third-order valence-electron chi connectivity index (χ3n) is 1.41. The molecular formula is C8H8N2O3. The smallest absolute Gasteiger partial charge is 0.335 e. The number of carbonyl (C=O) groups is 2. The Morgan fingerprint density at radius 3 is 2.38 bits per heavy atom. The minimum absolute atomic E-state index is 0.205. The molecule has 1 amide bonds. The lowest BCUT2D eigenvalue weighted by Gasteiger charge is -2.02. The highest BCUT2D eigenvalue weighted by molar-refractivity contribution is 5.88. The van der Waals surface area contributed by atoms with Crippen molar-refractivity contribution < 1.29 is 14.7 Å². The summed E-state index contributed by atoms with van der Waals surface area (Å²) in [5.74, 6) is -0.977. The maximum Gasteiger partial charge on any atom is 0.335 e. The highest BCUT2D eigenvalue weighted by atomic mass is 16.4. The van der Waals surface area contributed by atoms with Crippen LogP contribution < -0.4 is 10.9 Å². The van der Waals surface area contributed by atoms with E-state index in [1.807, 2.05) is 0 Å². The topological polar surface area (TPSA) is 78.4 Å². The van der Waals surface area contributed by atoms with E-state index in [0.717, 1.165) is 0 Å². The van der Waals surface area contributed by atoms with Gasteiger partial charge in [0.25, 0.3) is 0 Å². The van der Waals surface area contributed by atoms with E-state index < -0.39 is 5.97 Å². The van der Waals surface area contributed by atoms with Crippen molar-refractivity contribution in [2.24, 2.45) is 0 Å². The molecule has 1 aromatic carbocycles. The van der Waals surface area contributed by atoms with Crippen LogP contribution in [0.5, 0.6) is 0 Å². The van der Waals surface area contributed by atoms with E-state index in [9.17, 15) is 9.59 Å². The molecule has 0 aromatic heterocycles. The van der Waals surface area contributed by atoms with Crippen molar-refractivity contribution in [1.82, 2.24) is 5.43 Å². The summed E-state index contributed by atoms with van der Waals surface area (Å²) in [6.07, 6.45) is 0.491. The first kappa shape index (κ1) is 9.05. The molecule has 0 unspecified atom stereocenters. The molecule has 0 spiro atoms. The van der Waals surface area contributed by atoms with Crippen molar-refractivity contribution in [3.63, 3.8) is 0 Å². The molecule has 5 heteroatoms. The van der Waals surface area contributed by atoms with Gasteiger partial charge < -0.3 is 5.11 Å². The number of carboxylic acids is 1. The second-order valence-electron chi connectivity index (χ2n) is 2.27. The molecule has 0 aliphatic heterocycles. The van der Waals surface area contributed by atoms with E-state index in [4.69, 9.17) is 5.11 Å². The van der Waals surface area contributed by atoms with E-state index >= 15 is 0 Å². The first-order valence-corrected chi connectivity index (χ1v) is 3.52. The number of anilines is 1. The fraction of sp³-hybridized carbons (Fsp3) is 0. The van der Waals surface area contributed by atoms with Crippen LogP contribution in [0.2, 0.25) is 0 Å². The maximum absolute atomic E-state index is 10.4. The fourth-order valence-corrected chi connectivity index (χ4v) is 0.809. The Balaban J connectivity index is 2.69. The number of nitrogens with one attached hydrogen (secondary N) is 2. The van der Waals surface area contributed by atoms with E-state index in [1.165, 1.54) is 12.1 Å². The van der Waals surface area contributed by atoms with Crippen molar-refractivity contribution in [2.75, 3.05) is 5.43 Å². The predicted molar refractivity (Wildman–Crippen MR) is 46.2 cm³/mol. The molecule has 0 heterocycles. The lowest BCUT2D eigenvalue weighted by molar-refractivity contribution is -0.109. The molecule has 5 nitrogen and oxygen atoms in total.